The number of piperidine rings is 1. The molecule has 3 aromatic rings. The molecule has 1 aliphatic heterocycles. The molecule has 27 heavy (non-hydrogen) atoms. The lowest BCUT2D eigenvalue weighted by molar-refractivity contribution is 0.379. The summed E-state index contributed by atoms with van der Waals surface area (Å²) in [4.78, 5) is 6.98. The standard InChI is InChI=1S/C21H24N4O.ClH/c22-19-7-3-2-6-16(19)10-13-20-23-21(24-26-20)17-8-11-18(12-9-17)25-14-4-1-5-15-25;/h2-3,6-9,11-12H,1,4-5,10,13-15,22H2;1H. The van der Waals surface area contributed by atoms with Crippen LogP contribution in [0, 0.1) is 0 Å². The molecule has 0 saturated carbocycles. The molecular formula is C21H25ClN4O. The normalized spacial score (nSPS) is 14.0. The summed E-state index contributed by atoms with van der Waals surface area (Å²) in [5.74, 6) is 1.29. The molecule has 0 spiro atoms. The lowest BCUT2D eigenvalue weighted by Gasteiger charge is -2.28. The van der Waals surface area contributed by atoms with Crippen LogP contribution in [-0.4, -0.2) is 23.2 Å². The number of nitrogens with zero attached hydrogens (tertiary/aromatic N) is 3. The van der Waals surface area contributed by atoms with Gasteiger partial charge in [0.2, 0.25) is 11.7 Å². The third-order valence-electron chi connectivity index (χ3n) is 4.98. The minimum Gasteiger partial charge on any atom is -0.399 e. The number of hydrogen-bond donors (Lipinski definition) is 1. The summed E-state index contributed by atoms with van der Waals surface area (Å²) in [5, 5.41) is 4.13. The van der Waals surface area contributed by atoms with Crippen LogP contribution < -0.4 is 10.6 Å². The largest absolute Gasteiger partial charge is 0.399 e. The van der Waals surface area contributed by atoms with Crippen molar-refractivity contribution in [3.05, 3.63) is 60.0 Å². The van der Waals surface area contributed by atoms with Crippen molar-refractivity contribution in [2.45, 2.75) is 32.1 Å². The summed E-state index contributed by atoms with van der Waals surface area (Å²) in [6.45, 7) is 2.29. The topological polar surface area (TPSA) is 68.2 Å². The van der Waals surface area contributed by atoms with E-state index in [9.17, 15) is 0 Å². The number of aryl methyl sites for hydroxylation is 2. The van der Waals surface area contributed by atoms with Gasteiger partial charge in [0.25, 0.3) is 0 Å². The lowest BCUT2D eigenvalue weighted by Crippen LogP contribution is -2.29. The highest BCUT2D eigenvalue weighted by Gasteiger charge is 2.13. The van der Waals surface area contributed by atoms with Crippen LogP contribution in [0.5, 0.6) is 0 Å². The number of rotatable bonds is 5. The highest BCUT2D eigenvalue weighted by molar-refractivity contribution is 5.85. The van der Waals surface area contributed by atoms with Gasteiger partial charge in [0.05, 0.1) is 0 Å². The van der Waals surface area contributed by atoms with Crippen LogP contribution in [-0.2, 0) is 12.8 Å². The molecule has 4 rings (SSSR count). The first-order valence-electron chi connectivity index (χ1n) is 9.31. The molecule has 0 amide bonds. The van der Waals surface area contributed by atoms with E-state index in [4.69, 9.17) is 10.3 Å². The summed E-state index contributed by atoms with van der Waals surface area (Å²) in [6, 6.07) is 16.3. The van der Waals surface area contributed by atoms with Gasteiger partial charge < -0.3 is 15.2 Å². The van der Waals surface area contributed by atoms with Crippen LogP contribution in [0.1, 0.15) is 30.7 Å². The maximum atomic E-state index is 5.99. The molecule has 1 aliphatic rings. The number of nitrogens with two attached hydrogens (primary N) is 1. The van der Waals surface area contributed by atoms with Gasteiger partial charge in [-0.05, 0) is 61.6 Å². The first-order valence-corrected chi connectivity index (χ1v) is 9.31. The third-order valence-corrected chi connectivity index (χ3v) is 4.98. The van der Waals surface area contributed by atoms with Gasteiger partial charge in [0, 0.05) is 36.4 Å². The summed E-state index contributed by atoms with van der Waals surface area (Å²) < 4.78 is 5.41. The molecule has 0 radical (unpaired) electrons. The fraction of sp³-hybridized carbons (Fsp3) is 0.333. The summed E-state index contributed by atoms with van der Waals surface area (Å²) >= 11 is 0. The van der Waals surface area contributed by atoms with Gasteiger partial charge in [-0.15, -0.1) is 12.4 Å². The molecule has 0 bridgehead atoms. The number of anilines is 2. The maximum absolute atomic E-state index is 5.99. The predicted molar refractivity (Wildman–Crippen MR) is 111 cm³/mol. The van der Waals surface area contributed by atoms with Gasteiger partial charge in [-0.1, -0.05) is 23.4 Å². The molecule has 2 heterocycles. The molecule has 142 valence electrons. The van der Waals surface area contributed by atoms with Crippen molar-refractivity contribution < 1.29 is 4.52 Å². The first-order chi connectivity index (χ1) is 12.8. The second kappa shape index (κ2) is 8.91. The van der Waals surface area contributed by atoms with E-state index in [-0.39, 0.29) is 12.4 Å². The zero-order valence-electron chi connectivity index (χ0n) is 15.3. The molecule has 5 nitrogen and oxygen atoms in total. The van der Waals surface area contributed by atoms with Crippen molar-refractivity contribution in [1.29, 1.82) is 0 Å². The third kappa shape index (κ3) is 4.61. The number of benzene rings is 2. The molecule has 0 aliphatic carbocycles. The predicted octanol–water partition coefficient (Wildman–Crippen LogP) is 4.52. The van der Waals surface area contributed by atoms with Crippen LogP contribution in [0.25, 0.3) is 11.4 Å². The van der Waals surface area contributed by atoms with Crippen LogP contribution >= 0.6 is 12.4 Å². The molecule has 0 unspecified atom stereocenters. The van der Waals surface area contributed by atoms with E-state index in [1.165, 1.54) is 24.9 Å². The number of hydrogen-bond acceptors (Lipinski definition) is 5. The van der Waals surface area contributed by atoms with E-state index in [2.05, 4.69) is 39.3 Å². The molecule has 2 N–H and O–H groups in total. The van der Waals surface area contributed by atoms with Crippen LogP contribution in [0.3, 0.4) is 0 Å². The SMILES string of the molecule is Cl.Nc1ccccc1CCc1nc(-c2ccc(N3CCCCC3)cc2)no1. The zero-order chi connectivity index (χ0) is 17.8. The Bertz CT molecular complexity index is 857. The summed E-state index contributed by atoms with van der Waals surface area (Å²) in [6.07, 6.45) is 5.38. The smallest absolute Gasteiger partial charge is 0.227 e. The van der Waals surface area contributed by atoms with Gasteiger partial charge in [0.1, 0.15) is 0 Å². The van der Waals surface area contributed by atoms with Gasteiger partial charge in [-0.2, -0.15) is 4.98 Å². The molecule has 2 aromatic carbocycles. The molecular weight excluding hydrogens is 360 g/mol. The quantitative estimate of drug-likeness (QED) is 0.655. The van der Waals surface area contributed by atoms with Crippen molar-refractivity contribution in [3.8, 4) is 11.4 Å². The number of para-hydroxylation sites is 1. The number of halogens is 1. The Kier molecular flexibility index (Phi) is 6.35. The molecule has 6 heteroatoms. The Balaban J connectivity index is 0.00000210. The summed E-state index contributed by atoms with van der Waals surface area (Å²) in [5.41, 5.74) is 10.2. The zero-order valence-corrected chi connectivity index (χ0v) is 16.1. The average Bonchev–Trinajstić information content (AvgIpc) is 3.17. The second-order valence-corrected chi connectivity index (χ2v) is 6.81. The fourth-order valence-electron chi connectivity index (χ4n) is 3.45. The monoisotopic (exact) mass is 384 g/mol. The Hall–Kier alpha value is -2.53. The minimum atomic E-state index is 0. The Morgan fingerprint density at radius 2 is 1.67 bits per heavy atom. The van der Waals surface area contributed by atoms with E-state index in [0.717, 1.165) is 36.3 Å². The van der Waals surface area contributed by atoms with Crippen molar-refractivity contribution in [2.24, 2.45) is 0 Å². The van der Waals surface area contributed by atoms with Gasteiger partial charge in [-0.25, -0.2) is 0 Å². The van der Waals surface area contributed by atoms with Gasteiger partial charge in [-0.3, -0.25) is 0 Å². The fourth-order valence-corrected chi connectivity index (χ4v) is 3.45. The van der Waals surface area contributed by atoms with E-state index < -0.39 is 0 Å². The first kappa shape index (κ1) is 19.2. The number of nitrogen functional groups attached to an aromatic ring is 1. The minimum absolute atomic E-state index is 0. The highest BCUT2D eigenvalue weighted by atomic mass is 35.5. The number of aromatic nitrogens is 2. The van der Waals surface area contributed by atoms with Crippen molar-refractivity contribution in [1.82, 2.24) is 10.1 Å². The second-order valence-electron chi connectivity index (χ2n) is 6.81. The van der Waals surface area contributed by atoms with Crippen LogP contribution in [0.2, 0.25) is 0 Å². The van der Waals surface area contributed by atoms with Crippen molar-refractivity contribution in [2.75, 3.05) is 23.7 Å². The Labute approximate surface area is 166 Å². The highest BCUT2D eigenvalue weighted by Crippen LogP contribution is 2.24. The Morgan fingerprint density at radius 1 is 0.926 bits per heavy atom. The Morgan fingerprint density at radius 3 is 2.41 bits per heavy atom. The molecule has 1 saturated heterocycles. The van der Waals surface area contributed by atoms with E-state index in [1.807, 2.05) is 24.3 Å². The maximum Gasteiger partial charge on any atom is 0.227 e. The summed E-state index contributed by atoms with van der Waals surface area (Å²) in [7, 11) is 0. The van der Waals surface area contributed by atoms with E-state index >= 15 is 0 Å². The van der Waals surface area contributed by atoms with Gasteiger partial charge in [0.15, 0.2) is 0 Å². The van der Waals surface area contributed by atoms with Crippen molar-refractivity contribution in [3.63, 3.8) is 0 Å². The van der Waals surface area contributed by atoms with Crippen LogP contribution in [0.4, 0.5) is 11.4 Å². The molecule has 1 aromatic heterocycles. The van der Waals surface area contributed by atoms with Crippen LogP contribution in [0.15, 0.2) is 53.1 Å². The molecule has 1 fully saturated rings. The van der Waals surface area contributed by atoms with Crippen molar-refractivity contribution >= 4 is 23.8 Å². The van der Waals surface area contributed by atoms with E-state index in [0.29, 0.717) is 18.1 Å². The van der Waals surface area contributed by atoms with E-state index in [1.54, 1.807) is 0 Å². The lowest BCUT2D eigenvalue weighted by atomic mass is 10.1. The molecule has 0 atom stereocenters. The van der Waals surface area contributed by atoms with Gasteiger partial charge >= 0.3 is 0 Å². The average molecular weight is 385 g/mol.